The van der Waals surface area contributed by atoms with Gasteiger partial charge in [-0.1, -0.05) is 0 Å². The van der Waals surface area contributed by atoms with Gasteiger partial charge in [0.2, 0.25) is 0 Å². The molecule has 0 atom stereocenters. The first-order valence-corrected chi connectivity index (χ1v) is 6.07. The van der Waals surface area contributed by atoms with Gasteiger partial charge >= 0.3 is 5.97 Å². The zero-order valence-electron chi connectivity index (χ0n) is 10.3. The summed E-state index contributed by atoms with van der Waals surface area (Å²) >= 11 is 0. The van der Waals surface area contributed by atoms with Gasteiger partial charge in [0.05, 0.1) is 12.0 Å². The van der Waals surface area contributed by atoms with E-state index in [1.807, 2.05) is 0 Å². The van der Waals surface area contributed by atoms with Gasteiger partial charge in [0, 0.05) is 18.3 Å². The maximum absolute atomic E-state index is 13.7. The van der Waals surface area contributed by atoms with Crippen molar-refractivity contribution in [1.29, 1.82) is 0 Å². The molecule has 0 spiro atoms. The van der Waals surface area contributed by atoms with E-state index in [9.17, 15) is 14.0 Å². The largest absolute Gasteiger partial charge is 0.481 e. The zero-order chi connectivity index (χ0) is 14.0. The summed E-state index contributed by atoms with van der Waals surface area (Å²) in [4.78, 5) is 24.2. The van der Waals surface area contributed by atoms with Crippen LogP contribution in [0.1, 0.15) is 29.6 Å². The van der Waals surface area contributed by atoms with Crippen molar-refractivity contribution >= 4 is 17.6 Å². The number of aliphatic carboxylic acids is 1. The number of carboxylic acids is 1. The standard InChI is InChI=1S/C13H15FN2O3/c14-11-7-8(15)1-4-10(11)13(19)16(9-2-3-9)6-5-12(17)18/h1,4,7,9H,2-3,5-6,15H2,(H,17,18). The predicted octanol–water partition coefficient (Wildman–Crippen LogP) is 1.49. The number of carboxylic acid groups (broad SMARTS) is 1. The van der Waals surface area contributed by atoms with Crippen molar-refractivity contribution in [1.82, 2.24) is 4.90 Å². The van der Waals surface area contributed by atoms with Gasteiger partial charge < -0.3 is 15.7 Å². The van der Waals surface area contributed by atoms with E-state index in [1.165, 1.54) is 17.0 Å². The minimum absolute atomic E-state index is 0.0313. The van der Waals surface area contributed by atoms with Crippen molar-refractivity contribution in [3.05, 3.63) is 29.6 Å². The lowest BCUT2D eigenvalue weighted by molar-refractivity contribution is -0.137. The first-order valence-electron chi connectivity index (χ1n) is 6.07. The molecule has 3 N–H and O–H groups in total. The molecule has 0 heterocycles. The quantitative estimate of drug-likeness (QED) is 0.791. The summed E-state index contributed by atoms with van der Waals surface area (Å²) < 4.78 is 13.7. The number of nitrogens with zero attached hydrogens (tertiary/aromatic N) is 1. The Balaban J connectivity index is 2.16. The van der Waals surface area contributed by atoms with Crippen LogP contribution in [0.15, 0.2) is 18.2 Å². The van der Waals surface area contributed by atoms with Gasteiger partial charge in [-0.3, -0.25) is 9.59 Å². The molecule has 1 amide bonds. The second kappa shape index (κ2) is 5.26. The number of anilines is 1. The number of carbonyl (C=O) groups is 2. The molecule has 0 bridgehead atoms. The number of nitrogen functional groups attached to an aromatic ring is 1. The van der Waals surface area contributed by atoms with E-state index in [2.05, 4.69) is 0 Å². The number of halogens is 1. The summed E-state index contributed by atoms with van der Waals surface area (Å²) in [7, 11) is 0. The van der Waals surface area contributed by atoms with Crippen molar-refractivity contribution in [2.75, 3.05) is 12.3 Å². The van der Waals surface area contributed by atoms with Crippen LogP contribution in [0.5, 0.6) is 0 Å². The third-order valence-corrected chi connectivity index (χ3v) is 3.04. The van der Waals surface area contributed by atoms with Crippen LogP contribution in [0.3, 0.4) is 0 Å². The fourth-order valence-electron chi connectivity index (χ4n) is 1.91. The van der Waals surface area contributed by atoms with Gasteiger partial charge in [-0.15, -0.1) is 0 Å². The van der Waals surface area contributed by atoms with Gasteiger partial charge in [-0.05, 0) is 31.0 Å². The molecule has 0 aromatic heterocycles. The molecular formula is C13H15FN2O3. The van der Waals surface area contributed by atoms with Gasteiger partial charge in [0.15, 0.2) is 0 Å². The lowest BCUT2D eigenvalue weighted by Crippen LogP contribution is -2.35. The Hall–Kier alpha value is -2.11. The summed E-state index contributed by atoms with van der Waals surface area (Å²) in [6.45, 7) is 0.0999. The minimum atomic E-state index is -0.976. The third kappa shape index (κ3) is 3.21. The summed E-state index contributed by atoms with van der Waals surface area (Å²) in [5.41, 5.74) is 5.62. The maximum atomic E-state index is 13.7. The lowest BCUT2D eigenvalue weighted by atomic mass is 10.1. The van der Waals surface area contributed by atoms with E-state index in [-0.39, 0.29) is 30.3 Å². The van der Waals surface area contributed by atoms with Gasteiger partial charge in [-0.2, -0.15) is 0 Å². The molecular weight excluding hydrogens is 251 g/mol. The monoisotopic (exact) mass is 266 g/mol. The van der Waals surface area contributed by atoms with Crippen LogP contribution < -0.4 is 5.73 Å². The first kappa shape index (κ1) is 13.3. The third-order valence-electron chi connectivity index (χ3n) is 3.04. The molecule has 102 valence electrons. The number of benzene rings is 1. The Morgan fingerprint density at radius 1 is 1.42 bits per heavy atom. The number of nitrogens with two attached hydrogens (primary N) is 1. The molecule has 1 aliphatic rings. The van der Waals surface area contributed by atoms with Crippen LogP contribution in [0.4, 0.5) is 10.1 Å². The zero-order valence-corrected chi connectivity index (χ0v) is 10.3. The van der Waals surface area contributed by atoms with Crippen molar-refractivity contribution in [3.8, 4) is 0 Å². The van der Waals surface area contributed by atoms with E-state index in [4.69, 9.17) is 10.8 Å². The van der Waals surface area contributed by atoms with E-state index >= 15 is 0 Å². The van der Waals surface area contributed by atoms with Crippen LogP contribution in [0.2, 0.25) is 0 Å². The van der Waals surface area contributed by atoms with Crippen molar-refractivity contribution in [2.45, 2.75) is 25.3 Å². The highest BCUT2D eigenvalue weighted by molar-refractivity contribution is 5.95. The molecule has 1 aliphatic carbocycles. The van der Waals surface area contributed by atoms with Crippen LogP contribution in [0.25, 0.3) is 0 Å². The SMILES string of the molecule is Nc1ccc(C(=O)N(CCC(=O)O)C2CC2)c(F)c1. The Labute approximate surface area is 109 Å². The average Bonchev–Trinajstić information content (AvgIpc) is 3.13. The second-order valence-corrected chi connectivity index (χ2v) is 4.61. The van der Waals surface area contributed by atoms with Crippen molar-refractivity contribution < 1.29 is 19.1 Å². The number of amides is 1. The molecule has 1 aromatic carbocycles. The molecule has 0 radical (unpaired) electrons. The van der Waals surface area contributed by atoms with E-state index in [0.29, 0.717) is 0 Å². The normalized spacial score (nSPS) is 14.2. The minimum Gasteiger partial charge on any atom is -0.481 e. The Morgan fingerprint density at radius 2 is 2.11 bits per heavy atom. The fraction of sp³-hybridized carbons (Fsp3) is 0.385. The van der Waals surface area contributed by atoms with Crippen molar-refractivity contribution in [3.63, 3.8) is 0 Å². The van der Waals surface area contributed by atoms with E-state index < -0.39 is 17.7 Å². The number of hydrogen-bond donors (Lipinski definition) is 2. The molecule has 1 aromatic rings. The maximum Gasteiger partial charge on any atom is 0.305 e. The topological polar surface area (TPSA) is 83.6 Å². The highest BCUT2D eigenvalue weighted by Crippen LogP contribution is 2.29. The molecule has 1 fully saturated rings. The van der Waals surface area contributed by atoms with Crippen LogP contribution in [-0.4, -0.2) is 34.5 Å². The van der Waals surface area contributed by atoms with E-state index in [1.54, 1.807) is 0 Å². The highest BCUT2D eigenvalue weighted by atomic mass is 19.1. The Morgan fingerprint density at radius 3 is 2.63 bits per heavy atom. The Kier molecular flexibility index (Phi) is 3.69. The average molecular weight is 266 g/mol. The molecule has 5 nitrogen and oxygen atoms in total. The molecule has 2 rings (SSSR count). The first-order chi connectivity index (χ1) is 8.99. The Bertz CT molecular complexity index is 515. The number of rotatable bonds is 5. The lowest BCUT2D eigenvalue weighted by Gasteiger charge is -2.22. The smallest absolute Gasteiger partial charge is 0.305 e. The molecule has 0 unspecified atom stereocenters. The van der Waals surface area contributed by atoms with Crippen LogP contribution in [0, 0.1) is 5.82 Å². The molecule has 1 saturated carbocycles. The second-order valence-electron chi connectivity index (χ2n) is 4.61. The van der Waals surface area contributed by atoms with Gasteiger partial charge in [0.25, 0.3) is 5.91 Å². The summed E-state index contributed by atoms with van der Waals surface area (Å²) in [5.74, 6) is -2.12. The summed E-state index contributed by atoms with van der Waals surface area (Å²) in [5, 5.41) is 8.68. The van der Waals surface area contributed by atoms with Crippen LogP contribution in [-0.2, 0) is 4.79 Å². The summed E-state index contributed by atoms with van der Waals surface area (Å²) in [6.07, 6.45) is 1.53. The summed E-state index contributed by atoms with van der Waals surface area (Å²) in [6, 6.07) is 3.92. The van der Waals surface area contributed by atoms with E-state index in [0.717, 1.165) is 18.9 Å². The highest BCUT2D eigenvalue weighted by Gasteiger charge is 2.34. The predicted molar refractivity (Wildman–Crippen MR) is 67.1 cm³/mol. The number of carbonyl (C=O) groups excluding carboxylic acids is 1. The van der Waals surface area contributed by atoms with Gasteiger partial charge in [-0.25, -0.2) is 4.39 Å². The fourth-order valence-corrected chi connectivity index (χ4v) is 1.91. The van der Waals surface area contributed by atoms with Crippen molar-refractivity contribution in [2.24, 2.45) is 0 Å². The molecule has 19 heavy (non-hydrogen) atoms. The van der Waals surface area contributed by atoms with Gasteiger partial charge in [0.1, 0.15) is 5.82 Å². The molecule has 6 heteroatoms. The molecule has 0 aliphatic heterocycles. The number of hydrogen-bond acceptors (Lipinski definition) is 3. The molecule has 0 saturated heterocycles. The van der Waals surface area contributed by atoms with Crippen LogP contribution >= 0.6 is 0 Å².